The summed E-state index contributed by atoms with van der Waals surface area (Å²) in [5.74, 6) is 0.844. The molecule has 0 atom stereocenters. The number of nitrogens with one attached hydrogen (secondary N) is 1. The van der Waals surface area contributed by atoms with Gasteiger partial charge in [0.1, 0.15) is 0 Å². The average Bonchev–Trinajstić information content (AvgIpc) is 2.79. The quantitative estimate of drug-likeness (QED) is 0.710. The normalized spacial score (nSPS) is 15.4. The lowest BCUT2D eigenvalue weighted by atomic mass is 9.97. The highest BCUT2D eigenvalue weighted by atomic mass is 32.2. The van der Waals surface area contributed by atoms with Crippen LogP contribution in [0.1, 0.15) is 12.8 Å². The summed E-state index contributed by atoms with van der Waals surface area (Å²) >= 11 is 0. The number of piperidine rings is 1. The predicted molar refractivity (Wildman–Crippen MR) is 110 cm³/mol. The van der Waals surface area contributed by atoms with Crippen LogP contribution in [0.3, 0.4) is 0 Å². The van der Waals surface area contributed by atoms with E-state index < -0.39 is 10.0 Å². The van der Waals surface area contributed by atoms with E-state index in [1.165, 1.54) is 44.0 Å². The molecule has 30 heavy (non-hydrogen) atoms. The summed E-state index contributed by atoms with van der Waals surface area (Å²) in [6.07, 6.45) is 2.39. The largest absolute Gasteiger partial charge is 0.493 e. The van der Waals surface area contributed by atoms with Gasteiger partial charge in [-0.2, -0.15) is 4.31 Å². The van der Waals surface area contributed by atoms with Gasteiger partial charge in [0.15, 0.2) is 11.5 Å². The molecule has 1 saturated heterocycles. The number of nitrogens with zero attached hydrogens (tertiary/aromatic N) is 2. The molecule has 2 heterocycles. The van der Waals surface area contributed by atoms with E-state index in [1.54, 1.807) is 18.2 Å². The minimum Gasteiger partial charge on any atom is -0.493 e. The number of pyridine rings is 1. The molecule has 0 aliphatic carbocycles. The van der Waals surface area contributed by atoms with E-state index in [-0.39, 0.29) is 29.8 Å². The molecule has 2 aromatic rings. The van der Waals surface area contributed by atoms with Gasteiger partial charge < -0.3 is 19.5 Å². The lowest BCUT2D eigenvalue weighted by Crippen LogP contribution is -2.41. The Hall–Kier alpha value is -2.85. The van der Waals surface area contributed by atoms with Gasteiger partial charge in [0.2, 0.25) is 21.8 Å². The lowest BCUT2D eigenvalue weighted by molar-refractivity contribution is -0.120. The predicted octanol–water partition coefficient (Wildman–Crippen LogP) is 2.15. The number of amides is 1. The summed E-state index contributed by atoms with van der Waals surface area (Å²) in [5, 5.41) is 2.82. The first kappa shape index (κ1) is 21.8. The van der Waals surface area contributed by atoms with E-state index in [0.29, 0.717) is 35.9 Å². The SMILES string of the molecule is COc1ccc(NC(=O)C2CCN(S(=O)(=O)c3ccc(OC)c(OC)c3)CC2)cn1. The van der Waals surface area contributed by atoms with Crippen LogP contribution < -0.4 is 19.5 Å². The molecule has 0 spiro atoms. The molecule has 1 N–H and O–H groups in total. The summed E-state index contributed by atoms with van der Waals surface area (Å²) in [4.78, 5) is 16.7. The number of carbonyl (C=O) groups is 1. The van der Waals surface area contributed by atoms with Crippen molar-refractivity contribution in [3.8, 4) is 17.4 Å². The van der Waals surface area contributed by atoms with E-state index in [4.69, 9.17) is 14.2 Å². The van der Waals surface area contributed by atoms with Crippen LogP contribution in [0.5, 0.6) is 17.4 Å². The summed E-state index contributed by atoms with van der Waals surface area (Å²) in [6, 6.07) is 7.87. The van der Waals surface area contributed by atoms with Gasteiger partial charge in [-0.3, -0.25) is 4.79 Å². The summed E-state index contributed by atoms with van der Waals surface area (Å²) in [6.45, 7) is 0.519. The number of aromatic nitrogens is 1. The highest BCUT2D eigenvalue weighted by Crippen LogP contribution is 2.32. The van der Waals surface area contributed by atoms with E-state index in [1.807, 2.05) is 0 Å². The zero-order chi connectivity index (χ0) is 21.7. The van der Waals surface area contributed by atoms with Gasteiger partial charge in [-0.25, -0.2) is 13.4 Å². The molecule has 1 aromatic heterocycles. The molecule has 1 aliphatic rings. The number of sulfonamides is 1. The molecule has 1 fully saturated rings. The maximum absolute atomic E-state index is 13.0. The second kappa shape index (κ2) is 9.31. The van der Waals surface area contributed by atoms with Gasteiger partial charge in [-0.05, 0) is 31.0 Å². The van der Waals surface area contributed by atoms with Crippen molar-refractivity contribution < 1.29 is 27.4 Å². The fourth-order valence-electron chi connectivity index (χ4n) is 3.30. The molecule has 1 aromatic carbocycles. The number of ether oxygens (including phenoxy) is 3. The average molecular weight is 436 g/mol. The molecule has 9 nitrogen and oxygen atoms in total. The Balaban J connectivity index is 1.63. The Kier molecular flexibility index (Phi) is 6.78. The molecule has 1 aliphatic heterocycles. The number of carbonyl (C=O) groups excluding carboxylic acids is 1. The molecule has 0 radical (unpaired) electrons. The molecule has 0 saturated carbocycles. The van der Waals surface area contributed by atoms with Crippen molar-refractivity contribution in [2.24, 2.45) is 5.92 Å². The molecule has 162 valence electrons. The number of rotatable bonds is 7. The van der Waals surface area contributed by atoms with Crippen molar-refractivity contribution in [3.05, 3.63) is 36.5 Å². The van der Waals surface area contributed by atoms with E-state index in [9.17, 15) is 13.2 Å². The van der Waals surface area contributed by atoms with Gasteiger partial charge in [0.25, 0.3) is 0 Å². The van der Waals surface area contributed by atoms with Crippen LogP contribution in [-0.2, 0) is 14.8 Å². The van der Waals surface area contributed by atoms with Gasteiger partial charge in [0, 0.05) is 31.1 Å². The van der Waals surface area contributed by atoms with E-state index in [0.717, 1.165) is 0 Å². The third-order valence-electron chi connectivity index (χ3n) is 5.03. The summed E-state index contributed by atoms with van der Waals surface area (Å²) in [5.41, 5.74) is 0.571. The lowest BCUT2D eigenvalue weighted by Gasteiger charge is -2.30. The Bertz CT molecular complexity index is 986. The second-order valence-corrected chi connectivity index (χ2v) is 8.71. The zero-order valence-electron chi connectivity index (χ0n) is 17.1. The van der Waals surface area contributed by atoms with E-state index in [2.05, 4.69) is 10.3 Å². The van der Waals surface area contributed by atoms with Crippen LogP contribution in [0.2, 0.25) is 0 Å². The fraction of sp³-hybridized carbons (Fsp3) is 0.400. The minimum atomic E-state index is -3.69. The van der Waals surface area contributed by atoms with Gasteiger partial charge in [-0.1, -0.05) is 0 Å². The van der Waals surface area contributed by atoms with Gasteiger partial charge in [-0.15, -0.1) is 0 Å². The standard InChI is InChI=1S/C20H25N3O6S/c1-27-17-6-5-16(12-18(17)28-2)30(25,26)23-10-8-14(9-11-23)20(24)22-15-4-7-19(29-3)21-13-15/h4-7,12-14H,8-11H2,1-3H3,(H,22,24). The molecule has 3 rings (SSSR count). The molecule has 10 heteroatoms. The maximum atomic E-state index is 13.0. The van der Waals surface area contributed by atoms with Crippen LogP contribution in [0.15, 0.2) is 41.4 Å². The molecule has 0 unspecified atom stereocenters. The third-order valence-corrected chi connectivity index (χ3v) is 6.93. The fourth-order valence-corrected chi connectivity index (χ4v) is 4.79. The highest BCUT2D eigenvalue weighted by molar-refractivity contribution is 7.89. The van der Waals surface area contributed by atoms with E-state index >= 15 is 0 Å². The monoisotopic (exact) mass is 435 g/mol. The Morgan fingerprint density at radius 2 is 1.73 bits per heavy atom. The van der Waals surface area contributed by atoms with Crippen molar-refractivity contribution in [3.63, 3.8) is 0 Å². The molecule has 0 bridgehead atoms. The first-order valence-corrected chi connectivity index (χ1v) is 10.9. The number of hydrogen-bond donors (Lipinski definition) is 1. The van der Waals surface area contributed by atoms with Gasteiger partial charge >= 0.3 is 0 Å². The zero-order valence-corrected chi connectivity index (χ0v) is 17.9. The third kappa shape index (κ3) is 4.65. The number of hydrogen-bond acceptors (Lipinski definition) is 7. The number of anilines is 1. The van der Waals surface area contributed by atoms with Crippen molar-refractivity contribution in [1.29, 1.82) is 0 Å². The number of benzene rings is 1. The first-order valence-electron chi connectivity index (χ1n) is 9.42. The maximum Gasteiger partial charge on any atom is 0.243 e. The van der Waals surface area contributed by atoms with Crippen molar-refractivity contribution in [2.75, 3.05) is 39.7 Å². The van der Waals surface area contributed by atoms with Crippen molar-refractivity contribution in [2.45, 2.75) is 17.7 Å². The first-order chi connectivity index (χ1) is 14.4. The molecular formula is C20H25N3O6S. The van der Waals surface area contributed by atoms with Crippen LogP contribution in [0.4, 0.5) is 5.69 Å². The topological polar surface area (TPSA) is 107 Å². The van der Waals surface area contributed by atoms with Crippen LogP contribution >= 0.6 is 0 Å². The summed E-state index contributed by atoms with van der Waals surface area (Å²) in [7, 11) is 0.770. The van der Waals surface area contributed by atoms with Crippen molar-refractivity contribution >= 4 is 21.6 Å². The Morgan fingerprint density at radius 3 is 2.30 bits per heavy atom. The molecule has 1 amide bonds. The number of methoxy groups -OCH3 is 3. The minimum absolute atomic E-state index is 0.132. The van der Waals surface area contributed by atoms with Crippen LogP contribution in [0.25, 0.3) is 0 Å². The van der Waals surface area contributed by atoms with Crippen LogP contribution in [-0.4, -0.2) is 58.0 Å². The summed E-state index contributed by atoms with van der Waals surface area (Å²) < 4.78 is 42.7. The van der Waals surface area contributed by atoms with Crippen LogP contribution in [0, 0.1) is 5.92 Å². The second-order valence-electron chi connectivity index (χ2n) is 6.77. The smallest absolute Gasteiger partial charge is 0.243 e. The Morgan fingerprint density at radius 1 is 1.03 bits per heavy atom. The van der Waals surface area contributed by atoms with Crippen molar-refractivity contribution in [1.82, 2.24) is 9.29 Å². The van der Waals surface area contributed by atoms with Gasteiger partial charge in [0.05, 0.1) is 38.1 Å². The molecular weight excluding hydrogens is 410 g/mol. The Labute approximate surface area is 176 Å². The highest BCUT2D eigenvalue weighted by Gasteiger charge is 2.32.